The zero-order valence-corrected chi connectivity index (χ0v) is 15.7. The molecule has 21 heavy (non-hydrogen) atoms. The molecule has 0 N–H and O–H groups in total. The summed E-state index contributed by atoms with van der Waals surface area (Å²) in [6, 6.07) is 11.5. The second-order valence-corrected chi connectivity index (χ2v) is 8.08. The van der Waals surface area contributed by atoms with Crippen molar-refractivity contribution in [3.8, 4) is 5.75 Å². The highest BCUT2D eigenvalue weighted by atomic mass is 79.9. The fourth-order valence-electron chi connectivity index (χ4n) is 1.83. The summed E-state index contributed by atoms with van der Waals surface area (Å²) in [6.45, 7) is 2.36. The molecule has 1 amide bonds. The molecule has 0 saturated carbocycles. The molecule has 1 aromatic heterocycles. The summed E-state index contributed by atoms with van der Waals surface area (Å²) in [4.78, 5) is 15.1. The molecule has 1 atom stereocenters. The first-order chi connectivity index (χ1) is 9.95. The van der Waals surface area contributed by atoms with Gasteiger partial charge in [0, 0.05) is 16.4 Å². The number of ether oxygens (including phenoxy) is 1. The van der Waals surface area contributed by atoms with Crippen LogP contribution in [0.5, 0.6) is 5.75 Å². The van der Waals surface area contributed by atoms with Crippen molar-refractivity contribution in [1.82, 2.24) is 4.90 Å². The third-order valence-electron chi connectivity index (χ3n) is 2.87. The Morgan fingerprint density at radius 2 is 1.90 bits per heavy atom. The molecule has 1 unspecified atom stereocenters. The number of hydrogen-bond acceptors (Lipinski definition) is 3. The van der Waals surface area contributed by atoms with Gasteiger partial charge in [-0.05, 0) is 59.3 Å². The predicted octanol–water partition coefficient (Wildman–Crippen LogP) is 4.70. The summed E-state index contributed by atoms with van der Waals surface area (Å²) in [5.41, 5.74) is 0. The van der Waals surface area contributed by atoms with E-state index in [1.807, 2.05) is 36.4 Å². The number of nitrogens with zero attached hydrogens (tertiary/aromatic N) is 1. The summed E-state index contributed by atoms with van der Waals surface area (Å²) in [5, 5.41) is 0. The van der Waals surface area contributed by atoms with Crippen molar-refractivity contribution < 1.29 is 9.53 Å². The Kier molecular flexibility index (Phi) is 5.84. The normalized spacial score (nSPS) is 12.0. The Morgan fingerprint density at radius 1 is 1.24 bits per heavy atom. The molecule has 1 aromatic carbocycles. The van der Waals surface area contributed by atoms with Crippen LogP contribution in [0.25, 0.3) is 0 Å². The van der Waals surface area contributed by atoms with E-state index in [9.17, 15) is 4.79 Å². The molecular weight excluding hydrogens is 418 g/mol. The summed E-state index contributed by atoms with van der Waals surface area (Å²) in [6.07, 6.45) is -0.514. The Balaban J connectivity index is 1.93. The van der Waals surface area contributed by atoms with E-state index in [0.29, 0.717) is 12.3 Å². The van der Waals surface area contributed by atoms with Crippen molar-refractivity contribution in [2.24, 2.45) is 0 Å². The van der Waals surface area contributed by atoms with Crippen LogP contribution in [0.1, 0.15) is 11.8 Å². The lowest BCUT2D eigenvalue weighted by Gasteiger charge is -2.21. The van der Waals surface area contributed by atoms with Gasteiger partial charge in [-0.25, -0.2) is 0 Å². The molecule has 2 rings (SSSR count). The van der Waals surface area contributed by atoms with E-state index in [1.165, 1.54) is 0 Å². The van der Waals surface area contributed by atoms with Gasteiger partial charge in [0.2, 0.25) is 0 Å². The summed E-state index contributed by atoms with van der Waals surface area (Å²) in [5.74, 6) is 0.647. The Hall–Kier alpha value is -0.850. The third kappa shape index (κ3) is 4.83. The summed E-state index contributed by atoms with van der Waals surface area (Å²) in [7, 11) is 1.79. The molecule has 0 bridgehead atoms. The van der Waals surface area contributed by atoms with Gasteiger partial charge in [-0.3, -0.25) is 4.79 Å². The van der Waals surface area contributed by atoms with Crippen molar-refractivity contribution in [3.63, 3.8) is 0 Å². The first-order valence-corrected chi connectivity index (χ1v) is 8.77. The van der Waals surface area contributed by atoms with Crippen LogP contribution in [0.15, 0.2) is 44.7 Å². The van der Waals surface area contributed by atoms with Gasteiger partial charge in [0.05, 0.1) is 10.3 Å². The predicted molar refractivity (Wildman–Crippen MR) is 92.7 cm³/mol. The minimum Gasteiger partial charge on any atom is -0.481 e. The average Bonchev–Trinajstić information content (AvgIpc) is 2.85. The average molecular weight is 433 g/mol. The summed E-state index contributed by atoms with van der Waals surface area (Å²) < 4.78 is 7.73. The van der Waals surface area contributed by atoms with Crippen LogP contribution >= 0.6 is 43.2 Å². The van der Waals surface area contributed by atoms with Crippen LogP contribution in [0.3, 0.4) is 0 Å². The van der Waals surface area contributed by atoms with Gasteiger partial charge in [-0.1, -0.05) is 15.9 Å². The minimum absolute atomic E-state index is 0.0394. The molecule has 0 radical (unpaired) electrons. The van der Waals surface area contributed by atoms with Crippen molar-refractivity contribution in [2.45, 2.75) is 19.6 Å². The van der Waals surface area contributed by atoms with Crippen molar-refractivity contribution in [3.05, 3.63) is 49.5 Å². The van der Waals surface area contributed by atoms with Gasteiger partial charge in [0.1, 0.15) is 5.75 Å². The number of thiophene rings is 1. The maximum Gasteiger partial charge on any atom is 0.263 e. The highest BCUT2D eigenvalue weighted by Crippen LogP contribution is 2.23. The molecule has 0 aliphatic heterocycles. The second kappa shape index (κ2) is 7.42. The fourth-order valence-corrected chi connectivity index (χ4v) is 3.63. The monoisotopic (exact) mass is 431 g/mol. The third-order valence-corrected chi connectivity index (χ3v) is 5.01. The van der Waals surface area contributed by atoms with Crippen molar-refractivity contribution >= 4 is 49.1 Å². The smallest absolute Gasteiger partial charge is 0.263 e. The van der Waals surface area contributed by atoms with Gasteiger partial charge in [0.15, 0.2) is 6.10 Å². The van der Waals surface area contributed by atoms with E-state index in [-0.39, 0.29) is 5.91 Å². The number of carbonyl (C=O) groups excluding carboxylic acids is 1. The molecule has 112 valence electrons. The Morgan fingerprint density at radius 3 is 2.48 bits per heavy atom. The van der Waals surface area contributed by atoms with Crippen molar-refractivity contribution in [2.75, 3.05) is 7.05 Å². The topological polar surface area (TPSA) is 29.5 Å². The number of hydrogen-bond donors (Lipinski definition) is 0. The molecule has 0 fully saturated rings. The zero-order chi connectivity index (χ0) is 15.4. The van der Waals surface area contributed by atoms with Crippen LogP contribution in [-0.4, -0.2) is 24.0 Å². The lowest BCUT2D eigenvalue weighted by molar-refractivity contribution is -0.137. The Labute approximate surface area is 145 Å². The first kappa shape index (κ1) is 16.5. The lowest BCUT2D eigenvalue weighted by atomic mass is 10.3. The van der Waals surface area contributed by atoms with E-state index in [1.54, 1.807) is 30.2 Å². The van der Waals surface area contributed by atoms with Crippen LogP contribution in [0.2, 0.25) is 0 Å². The number of carbonyl (C=O) groups is 1. The van der Waals surface area contributed by atoms with Crippen LogP contribution in [0.4, 0.5) is 0 Å². The standard InChI is InChI=1S/C15H15Br2NO2S/c1-10(20-12-5-3-11(16)4-6-12)15(19)18(2)9-13-7-8-14(17)21-13/h3-8,10H,9H2,1-2H3. The highest BCUT2D eigenvalue weighted by molar-refractivity contribution is 9.11. The molecule has 0 saturated heterocycles. The fraction of sp³-hybridized carbons (Fsp3) is 0.267. The molecule has 0 aliphatic rings. The van der Waals surface area contributed by atoms with Gasteiger partial charge < -0.3 is 9.64 Å². The second-order valence-electron chi connectivity index (χ2n) is 4.61. The number of amides is 1. The van der Waals surface area contributed by atoms with E-state index >= 15 is 0 Å². The van der Waals surface area contributed by atoms with E-state index in [2.05, 4.69) is 31.9 Å². The van der Waals surface area contributed by atoms with Crippen molar-refractivity contribution in [1.29, 1.82) is 0 Å². The van der Waals surface area contributed by atoms with E-state index in [4.69, 9.17) is 4.74 Å². The van der Waals surface area contributed by atoms with Gasteiger partial charge >= 0.3 is 0 Å². The number of halogens is 2. The Bertz CT molecular complexity index is 612. The summed E-state index contributed by atoms with van der Waals surface area (Å²) >= 11 is 8.42. The van der Waals surface area contributed by atoms with Crippen LogP contribution in [0, 0.1) is 0 Å². The SMILES string of the molecule is CC(Oc1ccc(Br)cc1)C(=O)N(C)Cc1ccc(Br)s1. The number of rotatable bonds is 5. The lowest BCUT2D eigenvalue weighted by Crippen LogP contribution is -2.37. The molecule has 1 heterocycles. The number of likely N-dealkylation sites (N-methyl/N-ethyl adjacent to an activating group) is 1. The van der Waals surface area contributed by atoms with Gasteiger partial charge in [-0.2, -0.15) is 0 Å². The quantitative estimate of drug-likeness (QED) is 0.685. The molecule has 0 aliphatic carbocycles. The van der Waals surface area contributed by atoms with E-state index in [0.717, 1.165) is 13.1 Å². The molecule has 2 aromatic rings. The number of benzene rings is 1. The highest BCUT2D eigenvalue weighted by Gasteiger charge is 2.19. The van der Waals surface area contributed by atoms with Crippen LogP contribution < -0.4 is 4.74 Å². The largest absolute Gasteiger partial charge is 0.481 e. The maximum atomic E-state index is 12.3. The molecule has 6 heteroatoms. The van der Waals surface area contributed by atoms with Gasteiger partial charge in [0.25, 0.3) is 5.91 Å². The van der Waals surface area contributed by atoms with Crippen LogP contribution in [-0.2, 0) is 11.3 Å². The molecule has 0 spiro atoms. The van der Waals surface area contributed by atoms with E-state index < -0.39 is 6.10 Å². The first-order valence-electron chi connectivity index (χ1n) is 6.37. The minimum atomic E-state index is -0.514. The zero-order valence-electron chi connectivity index (χ0n) is 11.7. The molecular formula is C15H15Br2NO2S. The molecule has 3 nitrogen and oxygen atoms in total. The van der Waals surface area contributed by atoms with Gasteiger partial charge in [-0.15, -0.1) is 11.3 Å². The maximum absolute atomic E-state index is 12.3.